The molecule has 29 heavy (non-hydrogen) atoms. The van der Waals surface area contributed by atoms with E-state index in [1.807, 2.05) is 57.7 Å². The molecule has 0 bridgehead atoms. The summed E-state index contributed by atoms with van der Waals surface area (Å²) in [6.07, 6.45) is 0.874. The molecule has 3 heterocycles. The number of nitrogens with one attached hydrogen (secondary N) is 1. The standard InChI is InChI=1S/C21H29N5O2S/c1-14-13-17(22-20(28)21(3,4)5)29-18(14)19(27)26-10-6-9-25(11-12-26)16-8-7-15(2)23-24-16/h7-8,13H,6,9-12H2,1-5H3,(H,22,28). The van der Waals surface area contributed by atoms with Gasteiger partial charge < -0.3 is 15.1 Å². The number of carbonyl (C=O) groups excluding carboxylic acids is 2. The van der Waals surface area contributed by atoms with Crippen LogP contribution in [-0.2, 0) is 4.79 Å². The van der Waals surface area contributed by atoms with Gasteiger partial charge in [-0.2, -0.15) is 5.10 Å². The lowest BCUT2D eigenvalue weighted by Gasteiger charge is -2.22. The third-order valence-corrected chi connectivity index (χ3v) is 6.06. The molecule has 156 valence electrons. The smallest absolute Gasteiger partial charge is 0.264 e. The average Bonchev–Trinajstić information content (AvgIpc) is 2.87. The van der Waals surface area contributed by atoms with Crippen molar-refractivity contribution in [2.75, 3.05) is 36.4 Å². The van der Waals surface area contributed by atoms with Crippen molar-refractivity contribution >= 4 is 34.0 Å². The van der Waals surface area contributed by atoms with Crippen molar-refractivity contribution in [1.82, 2.24) is 15.1 Å². The second kappa shape index (κ2) is 8.49. The Labute approximate surface area is 176 Å². The fourth-order valence-electron chi connectivity index (χ4n) is 3.11. The van der Waals surface area contributed by atoms with Gasteiger partial charge in [-0.15, -0.1) is 16.4 Å². The van der Waals surface area contributed by atoms with Crippen molar-refractivity contribution in [3.8, 4) is 0 Å². The van der Waals surface area contributed by atoms with Crippen molar-refractivity contribution in [3.05, 3.63) is 34.3 Å². The zero-order valence-electron chi connectivity index (χ0n) is 17.8. The van der Waals surface area contributed by atoms with Crippen LogP contribution in [0.15, 0.2) is 18.2 Å². The number of hydrogen-bond acceptors (Lipinski definition) is 6. The molecule has 1 aliphatic heterocycles. The molecule has 8 heteroatoms. The van der Waals surface area contributed by atoms with E-state index in [0.717, 1.165) is 41.6 Å². The Morgan fingerprint density at radius 1 is 1.07 bits per heavy atom. The predicted molar refractivity (Wildman–Crippen MR) is 117 cm³/mol. The molecule has 0 unspecified atom stereocenters. The van der Waals surface area contributed by atoms with Crippen LogP contribution in [0.25, 0.3) is 0 Å². The lowest BCUT2D eigenvalue weighted by Crippen LogP contribution is -2.35. The maximum Gasteiger partial charge on any atom is 0.264 e. The maximum absolute atomic E-state index is 13.1. The highest BCUT2D eigenvalue weighted by Crippen LogP contribution is 2.30. The van der Waals surface area contributed by atoms with Gasteiger partial charge in [-0.3, -0.25) is 9.59 Å². The minimum atomic E-state index is -0.477. The van der Waals surface area contributed by atoms with Gasteiger partial charge in [-0.05, 0) is 44.0 Å². The SMILES string of the molecule is Cc1ccc(N2CCCN(C(=O)c3sc(NC(=O)C(C)(C)C)cc3C)CC2)nn1. The first-order valence-electron chi connectivity index (χ1n) is 9.91. The summed E-state index contributed by atoms with van der Waals surface area (Å²) in [7, 11) is 0. The zero-order chi connectivity index (χ0) is 21.2. The Morgan fingerprint density at radius 2 is 1.83 bits per heavy atom. The van der Waals surface area contributed by atoms with E-state index < -0.39 is 5.41 Å². The first-order valence-corrected chi connectivity index (χ1v) is 10.7. The summed E-state index contributed by atoms with van der Waals surface area (Å²) in [5.74, 6) is 0.826. The van der Waals surface area contributed by atoms with Crippen molar-refractivity contribution in [2.45, 2.75) is 41.0 Å². The van der Waals surface area contributed by atoms with Gasteiger partial charge in [-0.1, -0.05) is 20.8 Å². The Balaban J connectivity index is 1.67. The molecule has 1 N–H and O–H groups in total. The van der Waals surface area contributed by atoms with Gasteiger partial charge in [0.1, 0.15) is 0 Å². The van der Waals surface area contributed by atoms with Crippen LogP contribution >= 0.6 is 11.3 Å². The first kappa shape index (κ1) is 21.2. The molecule has 2 amide bonds. The highest BCUT2D eigenvalue weighted by atomic mass is 32.1. The van der Waals surface area contributed by atoms with E-state index >= 15 is 0 Å². The first-order chi connectivity index (χ1) is 13.6. The van der Waals surface area contributed by atoms with E-state index in [9.17, 15) is 9.59 Å². The van der Waals surface area contributed by atoms with Crippen LogP contribution in [0.3, 0.4) is 0 Å². The lowest BCUT2D eigenvalue weighted by atomic mass is 9.96. The monoisotopic (exact) mass is 415 g/mol. The summed E-state index contributed by atoms with van der Waals surface area (Å²) < 4.78 is 0. The second-order valence-corrected chi connectivity index (χ2v) is 9.54. The van der Waals surface area contributed by atoms with Gasteiger partial charge in [0.15, 0.2) is 5.82 Å². The van der Waals surface area contributed by atoms with Crippen LogP contribution in [-0.4, -0.2) is 53.1 Å². The van der Waals surface area contributed by atoms with Crippen LogP contribution in [0.4, 0.5) is 10.8 Å². The van der Waals surface area contributed by atoms with Gasteiger partial charge >= 0.3 is 0 Å². The summed E-state index contributed by atoms with van der Waals surface area (Å²) in [5.41, 5.74) is 1.31. The molecule has 3 rings (SSSR count). The summed E-state index contributed by atoms with van der Waals surface area (Å²) in [5, 5.41) is 12.1. The van der Waals surface area contributed by atoms with E-state index in [1.54, 1.807) is 0 Å². The molecule has 0 aliphatic carbocycles. The molecule has 1 saturated heterocycles. The summed E-state index contributed by atoms with van der Waals surface area (Å²) in [6, 6.07) is 5.82. The van der Waals surface area contributed by atoms with Crippen LogP contribution in [0.1, 0.15) is 48.1 Å². The van der Waals surface area contributed by atoms with Gasteiger partial charge in [0.05, 0.1) is 15.6 Å². The third kappa shape index (κ3) is 5.12. The quantitative estimate of drug-likeness (QED) is 0.830. The van der Waals surface area contributed by atoms with Crippen LogP contribution in [0.5, 0.6) is 0 Å². The van der Waals surface area contributed by atoms with E-state index in [4.69, 9.17) is 0 Å². The van der Waals surface area contributed by atoms with E-state index in [0.29, 0.717) is 18.0 Å². The molecule has 7 nitrogen and oxygen atoms in total. The Hall–Kier alpha value is -2.48. The van der Waals surface area contributed by atoms with Crippen molar-refractivity contribution in [2.24, 2.45) is 5.41 Å². The van der Waals surface area contributed by atoms with Crippen molar-refractivity contribution in [1.29, 1.82) is 0 Å². The van der Waals surface area contributed by atoms with E-state index in [1.165, 1.54) is 11.3 Å². The van der Waals surface area contributed by atoms with Crippen LogP contribution < -0.4 is 10.2 Å². The number of nitrogens with zero attached hydrogens (tertiary/aromatic N) is 4. The number of thiophene rings is 1. The number of rotatable bonds is 3. The summed E-state index contributed by atoms with van der Waals surface area (Å²) in [6.45, 7) is 12.4. The van der Waals surface area contributed by atoms with Crippen molar-refractivity contribution in [3.63, 3.8) is 0 Å². The molecule has 0 spiro atoms. The van der Waals surface area contributed by atoms with Crippen LogP contribution in [0, 0.1) is 19.3 Å². The molecule has 0 atom stereocenters. The molecule has 0 radical (unpaired) electrons. The molecular formula is C21H29N5O2S. The number of amides is 2. The number of hydrogen-bond donors (Lipinski definition) is 1. The molecule has 1 fully saturated rings. The number of carbonyl (C=O) groups is 2. The normalized spacial score (nSPS) is 15.2. The highest BCUT2D eigenvalue weighted by Gasteiger charge is 2.26. The molecule has 2 aromatic heterocycles. The molecule has 2 aromatic rings. The topological polar surface area (TPSA) is 78.4 Å². The minimum absolute atomic E-state index is 0.0283. The van der Waals surface area contributed by atoms with Gasteiger partial charge in [0.2, 0.25) is 5.91 Å². The average molecular weight is 416 g/mol. The summed E-state index contributed by atoms with van der Waals surface area (Å²) in [4.78, 5) is 30.1. The molecule has 0 saturated carbocycles. The zero-order valence-corrected chi connectivity index (χ0v) is 18.6. The highest BCUT2D eigenvalue weighted by molar-refractivity contribution is 7.18. The molecular weight excluding hydrogens is 386 g/mol. The van der Waals surface area contributed by atoms with Gasteiger partial charge in [0, 0.05) is 31.6 Å². The lowest BCUT2D eigenvalue weighted by molar-refractivity contribution is -0.123. The third-order valence-electron chi connectivity index (χ3n) is 4.92. The Bertz CT molecular complexity index is 885. The largest absolute Gasteiger partial charge is 0.353 e. The maximum atomic E-state index is 13.1. The fraction of sp³-hybridized carbons (Fsp3) is 0.524. The number of anilines is 2. The fourth-order valence-corrected chi connectivity index (χ4v) is 4.14. The molecule has 0 aromatic carbocycles. The predicted octanol–water partition coefficient (Wildman–Crippen LogP) is 3.49. The summed E-state index contributed by atoms with van der Waals surface area (Å²) >= 11 is 1.35. The second-order valence-electron chi connectivity index (χ2n) is 8.49. The number of aryl methyl sites for hydroxylation is 2. The van der Waals surface area contributed by atoms with Crippen molar-refractivity contribution < 1.29 is 9.59 Å². The molecule has 1 aliphatic rings. The minimum Gasteiger partial charge on any atom is -0.353 e. The number of aromatic nitrogens is 2. The Morgan fingerprint density at radius 3 is 2.48 bits per heavy atom. The van der Waals surface area contributed by atoms with Gasteiger partial charge in [-0.25, -0.2) is 0 Å². The Kier molecular flexibility index (Phi) is 6.21. The van der Waals surface area contributed by atoms with E-state index in [2.05, 4.69) is 20.4 Å². The van der Waals surface area contributed by atoms with Crippen LogP contribution in [0.2, 0.25) is 0 Å². The van der Waals surface area contributed by atoms with E-state index in [-0.39, 0.29) is 11.8 Å². The van der Waals surface area contributed by atoms with Gasteiger partial charge in [0.25, 0.3) is 5.91 Å².